The summed E-state index contributed by atoms with van der Waals surface area (Å²) in [6.45, 7) is 10.9. The second-order valence-corrected chi connectivity index (χ2v) is 11.1. The lowest BCUT2D eigenvalue weighted by Crippen LogP contribution is -2.59. The van der Waals surface area contributed by atoms with Crippen molar-refractivity contribution in [1.29, 1.82) is 0 Å². The maximum Gasteiger partial charge on any atom is 0.410 e. The molecule has 2 fully saturated rings. The van der Waals surface area contributed by atoms with E-state index in [1.54, 1.807) is 34.6 Å². The molecule has 2 heterocycles. The Bertz CT molecular complexity index is 969. The molecule has 9 atom stereocenters. The van der Waals surface area contributed by atoms with Crippen molar-refractivity contribution < 1.29 is 38.1 Å². The zero-order valence-corrected chi connectivity index (χ0v) is 23.3. The van der Waals surface area contributed by atoms with Crippen LogP contribution in [-0.2, 0) is 23.9 Å². The van der Waals surface area contributed by atoms with Gasteiger partial charge in [0.15, 0.2) is 11.4 Å². The Morgan fingerprint density at radius 3 is 2.34 bits per heavy atom. The lowest BCUT2D eigenvalue weighted by Gasteiger charge is -2.41. The van der Waals surface area contributed by atoms with Gasteiger partial charge in [0.1, 0.15) is 11.9 Å². The highest BCUT2D eigenvalue weighted by Crippen LogP contribution is 2.42. The Morgan fingerprint density at radius 1 is 1.13 bits per heavy atom. The number of cyclic esters (lactones) is 1. The number of nitrogens with zero attached hydrogens (tertiary/aromatic N) is 4. The minimum atomic E-state index is -3.04. The molecule has 0 aromatic carbocycles. The maximum atomic E-state index is 15.7. The molecule has 2 saturated heterocycles. The summed E-state index contributed by atoms with van der Waals surface area (Å²) in [5.41, 5.74) is 3.94. The molecule has 1 N–H and O–H groups in total. The number of azide groups is 1. The molecule has 0 aromatic rings. The number of unbranched alkanes of at least 4 members (excludes halogenated alkanes) is 1. The van der Waals surface area contributed by atoms with Gasteiger partial charge in [0.05, 0.1) is 12.1 Å². The van der Waals surface area contributed by atoms with E-state index >= 15 is 4.39 Å². The first kappa shape index (κ1) is 31.5. The van der Waals surface area contributed by atoms with E-state index in [0.29, 0.717) is 12.8 Å². The van der Waals surface area contributed by atoms with Crippen molar-refractivity contribution in [2.45, 2.75) is 104 Å². The number of halogens is 1. The van der Waals surface area contributed by atoms with Gasteiger partial charge in [0.25, 0.3) is 5.67 Å². The van der Waals surface area contributed by atoms with Gasteiger partial charge in [-0.15, -0.1) is 0 Å². The van der Waals surface area contributed by atoms with Crippen LogP contribution in [0, 0.1) is 23.7 Å². The van der Waals surface area contributed by atoms with E-state index < -0.39 is 71.0 Å². The zero-order chi connectivity index (χ0) is 29.0. The van der Waals surface area contributed by atoms with Gasteiger partial charge in [-0.25, -0.2) is 14.0 Å². The van der Waals surface area contributed by atoms with Crippen molar-refractivity contribution >= 4 is 23.6 Å². The van der Waals surface area contributed by atoms with E-state index in [4.69, 9.17) is 15.0 Å². The fourth-order valence-corrected chi connectivity index (χ4v) is 5.93. The molecule has 214 valence electrons. The molecule has 2 rings (SSSR count). The fourth-order valence-electron chi connectivity index (χ4n) is 5.93. The molecule has 0 bridgehead atoms. The van der Waals surface area contributed by atoms with Crippen LogP contribution in [0.1, 0.15) is 74.1 Å². The number of ether oxygens (including phenoxy) is 2. The van der Waals surface area contributed by atoms with Gasteiger partial charge in [-0.3, -0.25) is 9.59 Å². The number of esters is 1. The monoisotopic (exact) mass is 540 g/mol. The first-order valence-corrected chi connectivity index (χ1v) is 13.3. The molecule has 12 heteroatoms. The number of Topliss-reactive ketones (excluding diaryl/α,β-unsaturated/α-hetero) is 2. The highest BCUT2D eigenvalue weighted by Gasteiger charge is 2.60. The van der Waals surface area contributed by atoms with Gasteiger partial charge in [0, 0.05) is 35.8 Å². The first-order valence-electron chi connectivity index (χ1n) is 13.3. The lowest BCUT2D eigenvalue weighted by molar-refractivity contribution is -0.180. The summed E-state index contributed by atoms with van der Waals surface area (Å²) in [5.74, 6) is -5.81. The van der Waals surface area contributed by atoms with Crippen LogP contribution in [0.3, 0.4) is 0 Å². The molecule has 0 radical (unpaired) electrons. The minimum Gasteiger partial charge on any atom is -0.455 e. The number of hydrogen-bond donors (Lipinski definition) is 1. The maximum absolute atomic E-state index is 15.7. The third-order valence-corrected chi connectivity index (χ3v) is 8.18. The fraction of sp³-hybridized carbons (Fsp3) is 0.846. The molecule has 0 saturated carbocycles. The molecule has 11 nitrogen and oxygen atoms in total. The quantitative estimate of drug-likeness (QED) is 0.132. The standard InChI is InChI=1S/C26H41FN4O7/c1-8-18-26(7)21(31(24(36)38-26)12-10-9-11-29-30-28)16(4)19(32)14(2)13-15(3)20(33)17(5)22(34)25(6,27)23(35)37-18/h14-18,20-21,33H,8-13H2,1-7H3/t14-,15?,16+,17?,18?,20+,21-,25?,26-/m1/s1. The molecule has 38 heavy (non-hydrogen) atoms. The third-order valence-electron chi connectivity index (χ3n) is 8.18. The van der Waals surface area contributed by atoms with Crippen LogP contribution in [0.15, 0.2) is 5.11 Å². The Labute approximate surface area is 223 Å². The number of rotatable bonds is 6. The van der Waals surface area contributed by atoms with Crippen LogP contribution in [0.25, 0.3) is 10.4 Å². The average Bonchev–Trinajstić information content (AvgIpc) is 3.13. The van der Waals surface area contributed by atoms with Crippen molar-refractivity contribution in [3.8, 4) is 0 Å². The number of aliphatic hydroxyl groups excluding tert-OH is 1. The molecule has 2 aliphatic rings. The van der Waals surface area contributed by atoms with Crippen molar-refractivity contribution in [3.05, 3.63) is 10.4 Å². The van der Waals surface area contributed by atoms with Crippen molar-refractivity contribution in [2.75, 3.05) is 13.1 Å². The second kappa shape index (κ2) is 12.4. The predicted octanol–water partition coefficient (Wildman–Crippen LogP) is 4.15. The Hall–Kier alpha value is -2.72. The Balaban J connectivity index is 2.57. The zero-order valence-electron chi connectivity index (χ0n) is 23.3. The van der Waals surface area contributed by atoms with E-state index in [1.165, 1.54) is 11.8 Å². The number of amides is 1. The van der Waals surface area contributed by atoms with Crippen LogP contribution in [0.5, 0.6) is 0 Å². The molecule has 4 unspecified atom stereocenters. The van der Waals surface area contributed by atoms with E-state index in [9.17, 15) is 24.3 Å². The van der Waals surface area contributed by atoms with Crippen LogP contribution < -0.4 is 0 Å². The second-order valence-electron chi connectivity index (χ2n) is 11.1. The van der Waals surface area contributed by atoms with E-state index in [1.807, 2.05) is 0 Å². The summed E-state index contributed by atoms with van der Waals surface area (Å²) < 4.78 is 27.0. The minimum absolute atomic E-state index is 0.118. The summed E-state index contributed by atoms with van der Waals surface area (Å²) in [7, 11) is 0. The topological polar surface area (TPSA) is 159 Å². The van der Waals surface area contributed by atoms with E-state index in [2.05, 4.69) is 10.0 Å². The molecule has 2 aliphatic heterocycles. The number of ketones is 2. The van der Waals surface area contributed by atoms with Crippen LogP contribution >= 0.6 is 0 Å². The Morgan fingerprint density at radius 2 is 1.76 bits per heavy atom. The van der Waals surface area contributed by atoms with Crippen LogP contribution in [0.2, 0.25) is 0 Å². The first-order chi connectivity index (χ1) is 17.6. The third kappa shape index (κ3) is 6.12. The van der Waals surface area contributed by atoms with Gasteiger partial charge < -0.3 is 19.5 Å². The van der Waals surface area contributed by atoms with E-state index in [-0.39, 0.29) is 31.7 Å². The molecule has 0 aromatic heterocycles. The predicted molar refractivity (Wildman–Crippen MR) is 136 cm³/mol. The van der Waals surface area contributed by atoms with Crippen molar-refractivity contribution in [2.24, 2.45) is 28.8 Å². The van der Waals surface area contributed by atoms with Crippen molar-refractivity contribution in [1.82, 2.24) is 4.90 Å². The number of carbonyl (C=O) groups is 4. The van der Waals surface area contributed by atoms with Gasteiger partial charge in [-0.2, -0.15) is 0 Å². The number of alkyl halides is 1. The van der Waals surface area contributed by atoms with Gasteiger partial charge in [-0.05, 0) is 51.0 Å². The molecule has 1 amide bonds. The van der Waals surface area contributed by atoms with Crippen LogP contribution in [0.4, 0.5) is 9.18 Å². The normalized spacial score (nSPS) is 39.1. The average molecular weight is 541 g/mol. The highest BCUT2D eigenvalue weighted by atomic mass is 19.1. The number of hydrogen-bond acceptors (Lipinski definition) is 8. The van der Waals surface area contributed by atoms with Gasteiger partial charge in [-0.1, -0.05) is 39.7 Å². The van der Waals surface area contributed by atoms with Crippen LogP contribution in [-0.4, -0.2) is 76.2 Å². The number of carbonyl (C=O) groups excluding carboxylic acids is 4. The Kier molecular flexibility index (Phi) is 10.3. The molecule has 0 aliphatic carbocycles. The summed E-state index contributed by atoms with van der Waals surface area (Å²) in [4.78, 5) is 56.9. The summed E-state index contributed by atoms with van der Waals surface area (Å²) in [6.07, 6.45) is -1.85. The van der Waals surface area contributed by atoms with Gasteiger partial charge in [0.2, 0.25) is 0 Å². The number of aliphatic hydroxyl groups is 1. The van der Waals surface area contributed by atoms with Crippen molar-refractivity contribution in [3.63, 3.8) is 0 Å². The molecule has 0 spiro atoms. The van der Waals surface area contributed by atoms with Gasteiger partial charge >= 0.3 is 12.1 Å². The number of fused-ring (bicyclic) bond motifs is 1. The smallest absolute Gasteiger partial charge is 0.410 e. The largest absolute Gasteiger partial charge is 0.455 e. The molecular weight excluding hydrogens is 499 g/mol. The highest BCUT2D eigenvalue weighted by molar-refractivity contribution is 6.07. The SMILES string of the molecule is CCC1OC(=O)C(C)(F)C(=O)C(C)[C@@H](O)C(C)C[C@@H](C)C(=O)[C@H](C)[C@H]2N(CCCCN=[N+]=[N-])C(=O)O[C@]12C. The molecular formula is C26H41FN4O7. The summed E-state index contributed by atoms with van der Waals surface area (Å²) in [5, 5.41) is 14.3. The lowest BCUT2D eigenvalue weighted by atomic mass is 9.74. The summed E-state index contributed by atoms with van der Waals surface area (Å²) >= 11 is 0. The van der Waals surface area contributed by atoms with E-state index in [0.717, 1.165) is 6.92 Å². The summed E-state index contributed by atoms with van der Waals surface area (Å²) in [6, 6.07) is -0.856.